The summed E-state index contributed by atoms with van der Waals surface area (Å²) in [6.45, 7) is 1.15. The Morgan fingerprint density at radius 3 is 2.45 bits per heavy atom. The van der Waals surface area contributed by atoms with Crippen LogP contribution in [-0.4, -0.2) is 37.8 Å². The van der Waals surface area contributed by atoms with Gasteiger partial charge in [-0.25, -0.2) is 13.2 Å². The highest BCUT2D eigenvalue weighted by atomic mass is 32.2. The molecule has 1 aromatic carbocycles. The summed E-state index contributed by atoms with van der Waals surface area (Å²) in [4.78, 5) is 12.1. The number of carboxylic acids is 1. The minimum absolute atomic E-state index is 0.0371. The highest BCUT2D eigenvalue weighted by molar-refractivity contribution is 7.94. The van der Waals surface area contributed by atoms with Gasteiger partial charge in [-0.1, -0.05) is 12.1 Å². The first-order chi connectivity index (χ1) is 10.4. The lowest BCUT2D eigenvalue weighted by Gasteiger charge is -2.24. The van der Waals surface area contributed by atoms with Gasteiger partial charge < -0.3 is 10.2 Å². The zero-order valence-corrected chi connectivity index (χ0v) is 13.4. The van der Waals surface area contributed by atoms with E-state index in [4.69, 9.17) is 0 Å². The molecule has 0 atom stereocenters. The van der Waals surface area contributed by atoms with Crippen molar-refractivity contribution in [2.75, 3.05) is 17.5 Å². The van der Waals surface area contributed by atoms with Gasteiger partial charge in [-0.15, -0.1) is 11.3 Å². The van der Waals surface area contributed by atoms with E-state index in [-0.39, 0.29) is 22.0 Å². The number of benzene rings is 1. The second kappa shape index (κ2) is 6.47. The number of thiophene rings is 1. The molecule has 1 heterocycles. The summed E-state index contributed by atoms with van der Waals surface area (Å²) < 4.78 is 26.5. The van der Waals surface area contributed by atoms with Crippen LogP contribution in [0.25, 0.3) is 0 Å². The average Bonchev–Trinajstić information content (AvgIpc) is 2.92. The summed E-state index contributed by atoms with van der Waals surface area (Å²) in [7, 11) is -3.92. The van der Waals surface area contributed by atoms with Gasteiger partial charge >= 0.3 is 5.97 Å². The number of para-hydroxylation sites is 1. The lowest BCUT2D eigenvalue weighted by atomic mass is 10.2. The van der Waals surface area contributed by atoms with Crippen molar-refractivity contribution in [1.82, 2.24) is 0 Å². The zero-order chi connectivity index (χ0) is 16.3. The molecular formula is C14H15NO5S2. The summed E-state index contributed by atoms with van der Waals surface area (Å²) in [6, 6.07) is 8.97. The zero-order valence-electron chi connectivity index (χ0n) is 11.8. The molecule has 0 aliphatic heterocycles. The van der Waals surface area contributed by atoms with Crippen LogP contribution in [0, 0.1) is 6.92 Å². The molecule has 0 amide bonds. The van der Waals surface area contributed by atoms with Crippen LogP contribution in [0.3, 0.4) is 0 Å². The third-order valence-electron chi connectivity index (χ3n) is 2.97. The molecule has 0 radical (unpaired) electrons. The van der Waals surface area contributed by atoms with Crippen molar-refractivity contribution < 1.29 is 23.4 Å². The molecule has 0 aliphatic carbocycles. The van der Waals surface area contributed by atoms with E-state index in [0.29, 0.717) is 0 Å². The monoisotopic (exact) mass is 341 g/mol. The first-order valence-electron chi connectivity index (χ1n) is 6.40. The third-order valence-corrected chi connectivity index (χ3v) is 6.25. The van der Waals surface area contributed by atoms with E-state index in [2.05, 4.69) is 0 Å². The number of sulfonamides is 1. The van der Waals surface area contributed by atoms with Crippen molar-refractivity contribution in [2.45, 2.75) is 11.1 Å². The molecule has 0 spiro atoms. The summed E-state index contributed by atoms with van der Waals surface area (Å²) >= 11 is 1.10. The maximum absolute atomic E-state index is 12.7. The minimum atomic E-state index is -3.92. The highest BCUT2D eigenvalue weighted by Gasteiger charge is 2.28. The van der Waals surface area contributed by atoms with Gasteiger partial charge in [0, 0.05) is 4.88 Å². The molecule has 6 nitrogen and oxygen atoms in total. The summed E-state index contributed by atoms with van der Waals surface area (Å²) in [5, 5.41) is 18.4. The molecule has 0 bridgehead atoms. The normalized spacial score (nSPS) is 11.4. The van der Waals surface area contributed by atoms with Crippen LogP contribution >= 0.6 is 11.3 Å². The predicted molar refractivity (Wildman–Crippen MR) is 84.1 cm³/mol. The van der Waals surface area contributed by atoms with E-state index in [1.54, 1.807) is 19.1 Å². The van der Waals surface area contributed by atoms with Crippen LogP contribution in [-0.2, 0) is 10.0 Å². The fourth-order valence-corrected chi connectivity index (χ4v) is 4.86. The Bertz CT molecular complexity index is 782. The Morgan fingerprint density at radius 1 is 1.23 bits per heavy atom. The Kier molecular flexibility index (Phi) is 4.84. The van der Waals surface area contributed by atoms with Gasteiger partial charge in [0.05, 0.1) is 24.4 Å². The Labute approximate surface area is 132 Å². The molecule has 2 N–H and O–H groups in total. The van der Waals surface area contributed by atoms with Crippen molar-refractivity contribution in [3.05, 3.63) is 46.8 Å². The first-order valence-corrected chi connectivity index (χ1v) is 8.66. The van der Waals surface area contributed by atoms with Crippen LogP contribution in [0.15, 0.2) is 40.6 Å². The molecule has 2 rings (SSSR count). The molecular weight excluding hydrogens is 326 g/mol. The standard InChI is InChI=1S/C14H15NO5S2/c1-10-6-7-13(21-10)22(19,20)15(8-9-16)12-5-3-2-4-11(12)14(17)18/h2-7,16H,8-9H2,1H3,(H,17,18). The molecule has 2 aromatic rings. The van der Waals surface area contributed by atoms with Crippen molar-refractivity contribution in [1.29, 1.82) is 0 Å². The number of anilines is 1. The van der Waals surface area contributed by atoms with Gasteiger partial charge in [0.2, 0.25) is 0 Å². The number of aryl methyl sites for hydroxylation is 1. The van der Waals surface area contributed by atoms with Gasteiger partial charge in [0.1, 0.15) is 4.21 Å². The minimum Gasteiger partial charge on any atom is -0.478 e. The Hall–Kier alpha value is -1.90. The van der Waals surface area contributed by atoms with Crippen molar-refractivity contribution in [3.63, 3.8) is 0 Å². The van der Waals surface area contributed by atoms with E-state index < -0.39 is 22.6 Å². The van der Waals surface area contributed by atoms with Crippen molar-refractivity contribution in [3.8, 4) is 0 Å². The molecule has 0 unspecified atom stereocenters. The number of aromatic carboxylic acids is 1. The number of carbonyl (C=O) groups is 1. The van der Waals surface area contributed by atoms with Crippen LogP contribution < -0.4 is 4.31 Å². The second-order valence-corrected chi connectivity index (χ2v) is 7.87. The van der Waals surface area contributed by atoms with Gasteiger partial charge in [0.25, 0.3) is 10.0 Å². The fourth-order valence-electron chi connectivity index (χ4n) is 1.99. The molecule has 0 saturated carbocycles. The Morgan fingerprint density at radius 2 is 1.91 bits per heavy atom. The number of aliphatic hydroxyl groups is 1. The number of hydrogen-bond donors (Lipinski definition) is 2. The van der Waals surface area contributed by atoms with E-state index in [1.807, 2.05) is 0 Å². The lowest BCUT2D eigenvalue weighted by molar-refractivity contribution is 0.0697. The summed E-state index contributed by atoms with van der Waals surface area (Å²) in [5.74, 6) is -1.23. The first kappa shape index (κ1) is 16.5. The number of carboxylic acid groups (broad SMARTS) is 1. The topological polar surface area (TPSA) is 94.9 Å². The van der Waals surface area contributed by atoms with Crippen molar-refractivity contribution >= 4 is 33.0 Å². The van der Waals surface area contributed by atoms with E-state index >= 15 is 0 Å². The van der Waals surface area contributed by atoms with Crippen molar-refractivity contribution in [2.24, 2.45) is 0 Å². The molecule has 8 heteroatoms. The Balaban J connectivity index is 2.58. The largest absolute Gasteiger partial charge is 0.478 e. The molecule has 22 heavy (non-hydrogen) atoms. The van der Waals surface area contributed by atoms with E-state index in [0.717, 1.165) is 20.5 Å². The van der Waals surface area contributed by atoms with Crippen LogP contribution in [0.2, 0.25) is 0 Å². The summed E-state index contributed by atoms with van der Waals surface area (Å²) in [6.07, 6.45) is 0. The molecule has 118 valence electrons. The van der Waals surface area contributed by atoms with Crippen LogP contribution in [0.1, 0.15) is 15.2 Å². The van der Waals surface area contributed by atoms with E-state index in [9.17, 15) is 23.4 Å². The fraction of sp³-hybridized carbons (Fsp3) is 0.214. The molecule has 1 aromatic heterocycles. The number of rotatable bonds is 6. The quantitative estimate of drug-likeness (QED) is 0.837. The van der Waals surface area contributed by atoms with Gasteiger partial charge in [0.15, 0.2) is 0 Å². The van der Waals surface area contributed by atoms with Gasteiger partial charge in [-0.3, -0.25) is 4.31 Å². The van der Waals surface area contributed by atoms with Gasteiger partial charge in [-0.2, -0.15) is 0 Å². The van der Waals surface area contributed by atoms with E-state index in [1.165, 1.54) is 24.3 Å². The summed E-state index contributed by atoms with van der Waals surface area (Å²) in [5.41, 5.74) is -0.0945. The number of aliphatic hydroxyl groups excluding tert-OH is 1. The SMILES string of the molecule is Cc1ccc(S(=O)(=O)N(CCO)c2ccccc2C(=O)O)s1. The van der Waals surface area contributed by atoms with Gasteiger partial charge in [-0.05, 0) is 31.2 Å². The van der Waals surface area contributed by atoms with Crippen LogP contribution in [0.4, 0.5) is 5.69 Å². The second-order valence-electron chi connectivity index (χ2n) is 4.49. The number of hydrogen-bond acceptors (Lipinski definition) is 5. The van der Waals surface area contributed by atoms with Crippen LogP contribution in [0.5, 0.6) is 0 Å². The average molecular weight is 341 g/mol. The number of nitrogens with zero attached hydrogens (tertiary/aromatic N) is 1. The maximum Gasteiger partial charge on any atom is 0.337 e. The highest BCUT2D eigenvalue weighted by Crippen LogP contribution is 2.30. The predicted octanol–water partition coefficient (Wildman–Crippen LogP) is 1.94. The third kappa shape index (κ3) is 3.13. The smallest absolute Gasteiger partial charge is 0.337 e. The molecule has 0 aliphatic rings. The lowest BCUT2D eigenvalue weighted by Crippen LogP contribution is -2.34. The molecule has 0 saturated heterocycles. The maximum atomic E-state index is 12.7. The molecule has 0 fully saturated rings.